The molecule has 1 aromatic carbocycles. The Hall–Kier alpha value is -3.31. The average molecular weight is 420 g/mol. The van der Waals surface area contributed by atoms with Gasteiger partial charge in [0.25, 0.3) is 5.56 Å². The number of Topliss-reactive ketones (excluding diaryl/α,β-unsaturated/α-hetero) is 1. The van der Waals surface area contributed by atoms with E-state index in [0.29, 0.717) is 48.0 Å². The topological polar surface area (TPSA) is 114 Å². The quantitative estimate of drug-likeness (QED) is 0.736. The Labute approximate surface area is 179 Å². The maximum absolute atomic E-state index is 12.8. The van der Waals surface area contributed by atoms with Gasteiger partial charge >= 0.3 is 0 Å². The molecule has 1 aromatic heterocycles. The highest BCUT2D eigenvalue weighted by molar-refractivity contribution is 5.97. The van der Waals surface area contributed by atoms with Gasteiger partial charge in [-0.3, -0.25) is 19.0 Å². The second-order valence-corrected chi connectivity index (χ2v) is 8.77. The standard InChI is InChI=1S/C23H24N4O4/c1-14-25-20(8-21(29)27(14)11-17(28)9-23(2)12-31-13-23)18-6-3-15(10-24)7-19(18)26-22(30)16-4-5-16/h3,6-8,16H,4-5,9,11-13H2,1-2H3,(H,26,30). The van der Waals surface area contributed by atoms with Gasteiger partial charge in [0.15, 0.2) is 5.78 Å². The third-order valence-electron chi connectivity index (χ3n) is 5.69. The van der Waals surface area contributed by atoms with Crippen LogP contribution >= 0.6 is 0 Å². The number of amides is 1. The third kappa shape index (κ3) is 4.57. The number of rotatable bonds is 7. The Morgan fingerprint density at radius 1 is 1.32 bits per heavy atom. The predicted octanol–water partition coefficient (Wildman–Crippen LogP) is 2.43. The molecule has 4 rings (SSSR count). The fourth-order valence-electron chi connectivity index (χ4n) is 3.73. The van der Waals surface area contributed by atoms with Crippen molar-refractivity contribution in [3.05, 3.63) is 46.0 Å². The number of nitriles is 1. The summed E-state index contributed by atoms with van der Waals surface area (Å²) in [6.07, 6.45) is 2.06. The van der Waals surface area contributed by atoms with Crippen LogP contribution in [0.5, 0.6) is 0 Å². The van der Waals surface area contributed by atoms with Crippen molar-refractivity contribution in [3.63, 3.8) is 0 Å². The van der Waals surface area contributed by atoms with E-state index in [-0.39, 0.29) is 35.1 Å². The molecule has 2 fully saturated rings. The summed E-state index contributed by atoms with van der Waals surface area (Å²) in [7, 11) is 0. The van der Waals surface area contributed by atoms with Crippen LogP contribution in [0.25, 0.3) is 11.3 Å². The highest BCUT2D eigenvalue weighted by Crippen LogP contribution is 2.33. The number of hydrogen-bond donors (Lipinski definition) is 1. The molecule has 1 saturated heterocycles. The van der Waals surface area contributed by atoms with Gasteiger partial charge in [-0.2, -0.15) is 5.26 Å². The fourth-order valence-corrected chi connectivity index (χ4v) is 3.73. The van der Waals surface area contributed by atoms with Gasteiger partial charge in [-0.15, -0.1) is 0 Å². The first-order valence-corrected chi connectivity index (χ1v) is 10.3. The van der Waals surface area contributed by atoms with Crippen LogP contribution < -0.4 is 10.9 Å². The van der Waals surface area contributed by atoms with Gasteiger partial charge in [-0.05, 0) is 38.0 Å². The number of aromatic nitrogens is 2. The lowest BCUT2D eigenvalue weighted by Crippen LogP contribution is -2.42. The Bertz CT molecular complexity index is 1150. The van der Waals surface area contributed by atoms with Gasteiger partial charge in [0.2, 0.25) is 5.91 Å². The molecule has 31 heavy (non-hydrogen) atoms. The lowest BCUT2D eigenvalue weighted by molar-refractivity contribution is -0.137. The normalized spacial score (nSPS) is 16.8. The highest BCUT2D eigenvalue weighted by Gasteiger charge is 2.35. The van der Waals surface area contributed by atoms with Gasteiger partial charge in [-0.25, -0.2) is 4.98 Å². The molecule has 0 unspecified atom stereocenters. The number of aryl methyl sites for hydroxylation is 1. The largest absolute Gasteiger partial charge is 0.380 e. The van der Waals surface area contributed by atoms with Crippen molar-refractivity contribution in [2.45, 2.75) is 39.7 Å². The van der Waals surface area contributed by atoms with Crippen molar-refractivity contribution < 1.29 is 14.3 Å². The van der Waals surface area contributed by atoms with E-state index in [2.05, 4.69) is 16.4 Å². The molecule has 0 radical (unpaired) electrons. The molecule has 1 amide bonds. The fraction of sp³-hybridized carbons (Fsp3) is 0.435. The van der Waals surface area contributed by atoms with Crippen molar-refractivity contribution >= 4 is 17.4 Å². The maximum atomic E-state index is 12.8. The van der Waals surface area contributed by atoms with Crippen molar-refractivity contribution in [2.75, 3.05) is 18.5 Å². The van der Waals surface area contributed by atoms with Crippen LogP contribution in [0, 0.1) is 29.6 Å². The number of anilines is 1. The number of benzene rings is 1. The third-order valence-corrected chi connectivity index (χ3v) is 5.69. The summed E-state index contributed by atoms with van der Waals surface area (Å²) >= 11 is 0. The lowest BCUT2D eigenvalue weighted by atomic mass is 9.83. The minimum Gasteiger partial charge on any atom is -0.380 e. The van der Waals surface area contributed by atoms with Gasteiger partial charge in [-0.1, -0.05) is 6.92 Å². The number of carbonyl (C=O) groups excluding carboxylic acids is 2. The average Bonchev–Trinajstić information content (AvgIpc) is 3.54. The zero-order valence-corrected chi connectivity index (χ0v) is 17.6. The lowest BCUT2D eigenvalue weighted by Gasteiger charge is -2.37. The Kier molecular flexibility index (Phi) is 5.46. The molecule has 2 aromatic rings. The molecule has 1 N–H and O–H groups in total. The van der Waals surface area contributed by atoms with Gasteiger partial charge < -0.3 is 10.1 Å². The molecule has 0 spiro atoms. The predicted molar refractivity (Wildman–Crippen MR) is 113 cm³/mol. The van der Waals surface area contributed by atoms with E-state index in [9.17, 15) is 19.6 Å². The molecule has 0 bridgehead atoms. The molecule has 1 saturated carbocycles. The van der Waals surface area contributed by atoms with Crippen molar-refractivity contribution in [2.24, 2.45) is 11.3 Å². The Morgan fingerprint density at radius 3 is 2.65 bits per heavy atom. The minimum atomic E-state index is -0.338. The zero-order chi connectivity index (χ0) is 22.2. The molecule has 160 valence electrons. The molecule has 1 aliphatic carbocycles. The van der Waals surface area contributed by atoms with Crippen LogP contribution in [0.1, 0.15) is 37.6 Å². The van der Waals surface area contributed by atoms with Crippen LogP contribution in [-0.2, 0) is 20.9 Å². The second-order valence-electron chi connectivity index (χ2n) is 8.77. The van der Waals surface area contributed by atoms with Gasteiger partial charge in [0, 0.05) is 29.4 Å². The molecule has 0 atom stereocenters. The molecular weight excluding hydrogens is 396 g/mol. The van der Waals surface area contributed by atoms with Crippen LogP contribution in [0.3, 0.4) is 0 Å². The maximum Gasteiger partial charge on any atom is 0.254 e. The Balaban J connectivity index is 1.61. The second kappa shape index (κ2) is 8.08. The number of hydrogen-bond acceptors (Lipinski definition) is 6. The molecule has 1 aliphatic heterocycles. The summed E-state index contributed by atoms with van der Waals surface area (Å²) in [4.78, 5) is 42.1. The summed E-state index contributed by atoms with van der Waals surface area (Å²) in [5, 5.41) is 12.1. The van der Waals surface area contributed by atoms with Gasteiger partial charge in [0.05, 0.1) is 42.8 Å². The van der Waals surface area contributed by atoms with E-state index in [1.807, 2.05) is 6.92 Å². The molecule has 2 heterocycles. The summed E-state index contributed by atoms with van der Waals surface area (Å²) in [6, 6.07) is 8.31. The van der Waals surface area contributed by atoms with E-state index in [4.69, 9.17) is 4.74 Å². The number of carbonyl (C=O) groups is 2. The Morgan fingerprint density at radius 2 is 2.06 bits per heavy atom. The first kappa shape index (κ1) is 20.9. The van der Waals surface area contributed by atoms with Gasteiger partial charge in [0.1, 0.15) is 5.82 Å². The SMILES string of the molecule is Cc1nc(-c2ccc(C#N)cc2NC(=O)C2CC2)cc(=O)n1CC(=O)CC1(C)COC1. The van der Waals surface area contributed by atoms with E-state index >= 15 is 0 Å². The van der Waals surface area contributed by atoms with Crippen LogP contribution in [0.2, 0.25) is 0 Å². The summed E-state index contributed by atoms with van der Waals surface area (Å²) in [6.45, 7) is 4.74. The summed E-state index contributed by atoms with van der Waals surface area (Å²) in [5.74, 6) is 0.270. The molecule has 8 heteroatoms. The summed E-state index contributed by atoms with van der Waals surface area (Å²) < 4.78 is 6.55. The monoisotopic (exact) mass is 420 g/mol. The smallest absolute Gasteiger partial charge is 0.254 e. The van der Waals surface area contributed by atoms with Crippen molar-refractivity contribution in [1.82, 2.24) is 9.55 Å². The summed E-state index contributed by atoms with van der Waals surface area (Å²) in [5.41, 5.74) is 1.31. The van der Waals surface area contributed by atoms with Crippen molar-refractivity contribution in [1.29, 1.82) is 5.26 Å². The van der Waals surface area contributed by atoms with Crippen LogP contribution in [0.4, 0.5) is 5.69 Å². The molecular formula is C23H24N4O4. The minimum absolute atomic E-state index is 0.00442. The van der Waals surface area contributed by atoms with Crippen molar-refractivity contribution in [3.8, 4) is 17.3 Å². The molecule has 8 nitrogen and oxygen atoms in total. The van der Waals surface area contributed by atoms with Crippen LogP contribution in [-0.4, -0.2) is 34.5 Å². The van der Waals surface area contributed by atoms with E-state index in [1.54, 1.807) is 25.1 Å². The van der Waals surface area contributed by atoms with E-state index in [0.717, 1.165) is 12.8 Å². The van der Waals surface area contributed by atoms with E-state index < -0.39 is 0 Å². The molecule has 2 aliphatic rings. The van der Waals surface area contributed by atoms with E-state index in [1.165, 1.54) is 10.6 Å². The van der Waals surface area contributed by atoms with Crippen LogP contribution in [0.15, 0.2) is 29.1 Å². The highest BCUT2D eigenvalue weighted by atomic mass is 16.5. The number of ketones is 1. The number of nitrogens with one attached hydrogen (secondary N) is 1. The number of ether oxygens (including phenoxy) is 1. The first-order valence-electron chi connectivity index (χ1n) is 10.3. The first-order chi connectivity index (χ1) is 14.8. The zero-order valence-electron chi connectivity index (χ0n) is 17.6. The number of nitrogens with zero attached hydrogens (tertiary/aromatic N) is 3.